The van der Waals surface area contributed by atoms with E-state index in [1.54, 1.807) is 12.1 Å². The number of cyclic esters (lactones) is 1. The summed E-state index contributed by atoms with van der Waals surface area (Å²) in [5.74, 6) is -0.135. The number of hydrogen-bond acceptors (Lipinski definition) is 12. The molecular weight excluding hydrogens is 562 g/mol. The fourth-order valence-corrected chi connectivity index (χ4v) is 7.25. The van der Waals surface area contributed by atoms with Crippen LogP contribution in [-0.4, -0.2) is 95.1 Å². The van der Waals surface area contributed by atoms with Gasteiger partial charge in [0.15, 0.2) is 35.6 Å². The molecule has 0 radical (unpaired) electrons. The van der Waals surface area contributed by atoms with Gasteiger partial charge < -0.3 is 52.6 Å². The van der Waals surface area contributed by atoms with Crippen molar-refractivity contribution in [2.75, 3.05) is 48.3 Å². The van der Waals surface area contributed by atoms with Crippen molar-refractivity contribution in [3.8, 4) is 28.7 Å². The highest BCUT2D eigenvalue weighted by Crippen LogP contribution is 2.57. The SMILES string of the molecule is COc1cc([C@@H]2c3cc4c(cc3[C@@H](O[C@H]3C[C@H](N(C)C)[C@H]5O[C@H](C)OC[C@H]5O3)[C@H]3COC(=O)[C@H]23)OCO4)cc(OC)c1O. The molecule has 12 nitrogen and oxygen atoms in total. The average molecular weight is 600 g/mol. The van der Waals surface area contributed by atoms with Crippen LogP contribution in [0.2, 0.25) is 0 Å². The maximum absolute atomic E-state index is 13.5. The van der Waals surface area contributed by atoms with Gasteiger partial charge in [-0.05, 0) is 62.0 Å². The van der Waals surface area contributed by atoms with Gasteiger partial charge in [0.25, 0.3) is 0 Å². The molecule has 1 aliphatic carbocycles. The third-order valence-corrected chi connectivity index (χ3v) is 9.29. The molecule has 12 heteroatoms. The highest BCUT2D eigenvalue weighted by Gasteiger charge is 2.55. The summed E-state index contributed by atoms with van der Waals surface area (Å²) in [5.41, 5.74) is 2.42. The van der Waals surface area contributed by atoms with Crippen molar-refractivity contribution < 1.29 is 52.5 Å². The van der Waals surface area contributed by atoms with Gasteiger partial charge in [0, 0.05) is 24.3 Å². The van der Waals surface area contributed by atoms with Gasteiger partial charge in [0.1, 0.15) is 12.2 Å². The minimum absolute atomic E-state index is 0.0387. The van der Waals surface area contributed by atoms with Crippen LogP contribution >= 0.6 is 0 Å². The summed E-state index contributed by atoms with van der Waals surface area (Å²) in [6, 6.07) is 7.36. The summed E-state index contributed by atoms with van der Waals surface area (Å²) in [5, 5.41) is 10.6. The lowest BCUT2D eigenvalue weighted by molar-refractivity contribution is -0.330. The minimum atomic E-state index is -0.584. The molecule has 0 bridgehead atoms. The Bertz CT molecular complexity index is 1370. The number of likely N-dealkylation sites (N-methyl/N-ethyl adjacent to an activating group) is 1. The second kappa shape index (κ2) is 11.0. The van der Waals surface area contributed by atoms with Crippen molar-refractivity contribution in [2.45, 2.75) is 56.2 Å². The predicted octanol–water partition coefficient (Wildman–Crippen LogP) is 2.94. The van der Waals surface area contributed by atoms with Gasteiger partial charge in [-0.15, -0.1) is 0 Å². The smallest absolute Gasteiger partial charge is 0.310 e. The first-order chi connectivity index (χ1) is 20.8. The number of carbonyl (C=O) groups is 1. The number of esters is 1. The van der Waals surface area contributed by atoms with Gasteiger partial charge in [0.2, 0.25) is 12.5 Å². The van der Waals surface area contributed by atoms with E-state index in [0.717, 1.165) is 16.7 Å². The first kappa shape index (κ1) is 28.5. The van der Waals surface area contributed by atoms with Gasteiger partial charge in [-0.2, -0.15) is 0 Å². The molecule has 4 heterocycles. The van der Waals surface area contributed by atoms with E-state index in [1.807, 2.05) is 33.2 Å². The Morgan fingerprint density at radius 2 is 1.63 bits per heavy atom. The standard InChI is InChI=1S/C31H37NO11/c1-14-37-12-24-30(41-14)19(32(2)3)10-25(42-24)43-29-17-9-21-20(39-13-40-21)8-16(17)26(27-18(29)11-38-31(27)34)15-6-22(35-4)28(33)23(7-15)36-5/h6-9,14,18-19,24-27,29-30,33H,10-13H2,1-5H3/t14-,18+,19+,24-,25+,26-,27+,29-,30-/m1/s1. The summed E-state index contributed by atoms with van der Waals surface area (Å²) in [4.78, 5) is 15.6. The van der Waals surface area contributed by atoms with Crippen LogP contribution in [0.3, 0.4) is 0 Å². The Hall–Kier alpha value is -3.29. The summed E-state index contributed by atoms with van der Waals surface area (Å²) < 4.78 is 53.4. The highest BCUT2D eigenvalue weighted by molar-refractivity contribution is 5.79. The lowest BCUT2D eigenvalue weighted by atomic mass is 9.66. The number of rotatable bonds is 6. The minimum Gasteiger partial charge on any atom is -0.502 e. The monoisotopic (exact) mass is 599 g/mol. The zero-order chi connectivity index (χ0) is 30.0. The van der Waals surface area contributed by atoms with E-state index in [1.165, 1.54) is 14.2 Å². The van der Waals surface area contributed by atoms with Crippen LogP contribution in [0, 0.1) is 11.8 Å². The molecular formula is C31H37NO11. The van der Waals surface area contributed by atoms with E-state index in [4.69, 9.17) is 42.6 Å². The first-order valence-corrected chi connectivity index (χ1v) is 14.6. The van der Waals surface area contributed by atoms with Crippen LogP contribution in [0.5, 0.6) is 28.7 Å². The molecule has 232 valence electrons. The van der Waals surface area contributed by atoms with Crippen LogP contribution < -0.4 is 18.9 Å². The fourth-order valence-electron chi connectivity index (χ4n) is 7.25. The van der Waals surface area contributed by atoms with Crippen molar-refractivity contribution in [1.82, 2.24) is 4.90 Å². The van der Waals surface area contributed by atoms with Crippen molar-refractivity contribution in [3.63, 3.8) is 0 Å². The number of methoxy groups -OCH3 is 2. The molecule has 3 fully saturated rings. The van der Waals surface area contributed by atoms with E-state index in [0.29, 0.717) is 24.5 Å². The maximum Gasteiger partial charge on any atom is 0.310 e. The molecule has 1 N–H and O–H groups in total. The first-order valence-electron chi connectivity index (χ1n) is 14.6. The number of phenols is 1. The molecule has 4 aliphatic heterocycles. The molecule has 0 amide bonds. The molecule has 0 spiro atoms. The van der Waals surface area contributed by atoms with Crippen molar-refractivity contribution in [2.24, 2.45) is 11.8 Å². The quantitative estimate of drug-likeness (QED) is 0.491. The third kappa shape index (κ3) is 4.76. The normalized spacial score (nSPS) is 34.3. The van der Waals surface area contributed by atoms with E-state index in [-0.39, 0.29) is 67.1 Å². The molecule has 9 atom stereocenters. The van der Waals surface area contributed by atoms with Gasteiger partial charge in [-0.3, -0.25) is 4.79 Å². The van der Waals surface area contributed by atoms with Crippen LogP contribution in [0.1, 0.15) is 42.1 Å². The molecule has 0 saturated carbocycles. The predicted molar refractivity (Wildman–Crippen MR) is 148 cm³/mol. The van der Waals surface area contributed by atoms with Crippen molar-refractivity contribution in [1.29, 1.82) is 0 Å². The summed E-state index contributed by atoms with van der Waals surface area (Å²) >= 11 is 0. The van der Waals surface area contributed by atoms with Gasteiger partial charge >= 0.3 is 5.97 Å². The molecule has 0 aromatic heterocycles. The Morgan fingerprint density at radius 3 is 2.30 bits per heavy atom. The van der Waals surface area contributed by atoms with Crippen molar-refractivity contribution in [3.05, 3.63) is 41.0 Å². The van der Waals surface area contributed by atoms with Crippen LogP contribution in [0.25, 0.3) is 0 Å². The number of ether oxygens (including phenoxy) is 9. The number of carbonyl (C=O) groups excluding carboxylic acids is 1. The summed E-state index contributed by atoms with van der Waals surface area (Å²) in [6.07, 6.45) is -1.32. The largest absolute Gasteiger partial charge is 0.502 e. The lowest BCUT2D eigenvalue weighted by Crippen LogP contribution is -2.60. The zero-order valence-electron chi connectivity index (χ0n) is 24.8. The van der Waals surface area contributed by atoms with Crippen LogP contribution in [0.4, 0.5) is 0 Å². The molecule has 5 aliphatic rings. The van der Waals surface area contributed by atoms with Crippen LogP contribution in [-0.2, 0) is 28.5 Å². The van der Waals surface area contributed by atoms with E-state index in [9.17, 15) is 9.90 Å². The van der Waals surface area contributed by atoms with Crippen molar-refractivity contribution >= 4 is 5.97 Å². The number of nitrogens with zero attached hydrogens (tertiary/aromatic N) is 1. The Kier molecular flexibility index (Phi) is 7.29. The molecule has 43 heavy (non-hydrogen) atoms. The number of benzene rings is 2. The topological polar surface area (TPSA) is 124 Å². The maximum atomic E-state index is 13.5. The molecule has 7 rings (SSSR count). The van der Waals surface area contributed by atoms with E-state index < -0.39 is 24.2 Å². The third-order valence-electron chi connectivity index (χ3n) is 9.29. The Balaban J connectivity index is 1.30. The number of hydrogen-bond donors (Lipinski definition) is 1. The Labute approximate surface area is 249 Å². The van der Waals surface area contributed by atoms with Gasteiger partial charge in [0.05, 0.1) is 39.5 Å². The van der Waals surface area contributed by atoms with E-state index >= 15 is 0 Å². The van der Waals surface area contributed by atoms with Gasteiger partial charge in [-0.1, -0.05) is 0 Å². The molecule has 3 saturated heterocycles. The fraction of sp³-hybridized carbons (Fsp3) is 0.581. The summed E-state index contributed by atoms with van der Waals surface area (Å²) in [7, 11) is 6.99. The highest BCUT2D eigenvalue weighted by atomic mass is 16.7. The van der Waals surface area contributed by atoms with Gasteiger partial charge in [-0.25, -0.2) is 0 Å². The van der Waals surface area contributed by atoms with Crippen LogP contribution in [0.15, 0.2) is 24.3 Å². The average Bonchev–Trinajstić information content (AvgIpc) is 3.62. The Morgan fingerprint density at radius 1 is 0.930 bits per heavy atom. The second-order valence-electron chi connectivity index (χ2n) is 11.8. The zero-order valence-corrected chi connectivity index (χ0v) is 24.8. The number of fused-ring (bicyclic) bond motifs is 4. The molecule has 2 aromatic carbocycles. The number of phenolic OH excluding ortho intramolecular Hbond substituents is 1. The lowest BCUT2D eigenvalue weighted by Gasteiger charge is -2.48. The second-order valence-corrected chi connectivity index (χ2v) is 11.8. The molecule has 2 aromatic rings. The van der Waals surface area contributed by atoms with E-state index in [2.05, 4.69) is 4.90 Å². The summed E-state index contributed by atoms with van der Waals surface area (Å²) in [6.45, 7) is 2.57. The molecule has 0 unspecified atom stereocenters. The number of aromatic hydroxyl groups is 1.